The van der Waals surface area contributed by atoms with Gasteiger partial charge in [-0.15, -0.1) is 0 Å². The topological polar surface area (TPSA) is 35.2 Å². The van der Waals surface area contributed by atoms with Crippen LogP contribution in [-0.4, -0.2) is 12.1 Å². The molecule has 1 aromatic rings. The molecule has 1 heterocycles. The Bertz CT molecular complexity index is 361. The number of hydrogen-bond acceptors (Lipinski definition) is 2. The minimum Gasteiger partial charge on any atom is -0.488 e. The van der Waals surface area contributed by atoms with Gasteiger partial charge >= 0.3 is 0 Å². The third-order valence-corrected chi connectivity index (χ3v) is 3.17. The zero-order chi connectivity index (χ0) is 11.5. The van der Waals surface area contributed by atoms with E-state index in [9.17, 15) is 0 Å². The van der Waals surface area contributed by atoms with Crippen LogP contribution in [0.2, 0.25) is 0 Å². The molecule has 0 aromatic heterocycles. The summed E-state index contributed by atoms with van der Waals surface area (Å²) in [6.45, 7) is 6.11. The fraction of sp³-hybridized carbons (Fsp3) is 0.429. The molecule has 2 heteroatoms. The van der Waals surface area contributed by atoms with E-state index in [4.69, 9.17) is 10.5 Å². The summed E-state index contributed by atoms with van der Waals surface area (Å²) in [5.41, 5.74) is 8.62. The lowest BCUT2D eigenvalue weighted by Gasteiger charge is -2.19. The van der Waals surface area contributed by atoms with Gasteiger partial charge in [0.2, 0.25) is 0 Å². The summed E-state index contributed by atoms with van der Waals surface area (Å²) < 4.78 is 5.85. The molecule has 2 unspecified atom stereocenters. The highest BCUT2D eigenvalue weighted by molar-refractivity contribution is 5.37. The molecule has 2 N–H and O–H groups in total. The molecule has 1 aromatic carbocycles. The van der Waals surface area contributed by atoms with Gasteiger partial charge in [-0.25, -0.2) is 0 Å². The van der Waals surface area contributed by atoms with Crippen LogP contribution >= 0.6 is 0 Å². The highest BCUT2D eigenvalue weighted by Gasteiger charge is 2.27. The van der Waals surface area contributed by atoms with Crippen molar-refractivity contribution in [3.8, 4) is 5.75 Å². The first-order chi connectivity index (χ1) is 7.70. The second-order valence-electron chi connectivity index (χ2n) is 4.44. The lowest BCUT2D eigenvalue weighted by atomic mass is 9.98. The van der Waals surface area contributed by atoms with Crippen molar-refractivity contribution >= 4 is 0 Å². The minimum absolute atomic E-state index is 0.0554. The fourth-order valence-corrected chi connectivity index (χ4v) is 2.06. The Hall–Kier alpha value is -1.28. The van der Waals surface area contributed by atoms with Crippen LogP contribution < -0.4 is 10.5 Å². The van der Waals surface area contributed by atoms with E-state index in [1.165, 1.54) is 11.1 Å². The molecule has 0 fully saturated rings. The molecule has 0 amide bonds. The molecule has 0 aliphatic carbocycles. The van der Waals surface area contributed by atoms with Crippen molar-refractivity contribution in [2.75, 3.05) is 0 Å². The molecule has 0 saturated heterocycles. The van der Waals surface area contributed by atoms with Crippen molar-refractivity contribution in [3.05, 3.63) is 42.0 Å². The molecule has 86 valence electrons. The quantitative estimate of drug-likeness (QED) is 0.787. The number of benzene rings is 1. The lowest BCUT2D eigenvalue weighted by molar-refractivity contribution is 0.197. The van der Waals surface area contributed by atoms with Crippen molar-refractivity contribution in [1.29, 1.82) is 0 Å². The maximum atomic E-state index is 6.15. The molecule has 1 aliphatic rings. The van der Waals surface area contributed by atoms with E-state index in [-0.39, 0.29) is 12.1 Å². The smallest absolute Gasteiger partial charge is 0.123 e. The standard InChI is InChI=1S/C14H19NO/c1-3-10(2)8-12(15)14-9-11-6-4-5-7-13(11)16-14/h4-7,12,14H,2-3,8-9,15H2,1H3. The van der Waals surface area contributed by atoms with Crippen molar-refractivity contribution in [2.24, 2.45) is 5.73 Å². The second kappa shape index (κ2) is 4.71. The van der Waals surface area contributed by atoms with Gasteiger partial charge < -0.3 is 10.5 Å². The molecule has 0 spiro atoms. The molecule has 0 radical (unpaired) electrons. The van der Waals surface area contributed by atoms with Crippen LogP contribution in [0.5, 0.6) is 5.75 Å². The zero-order valence-electron chi connectivity index (χ0n) is 9.78. The predicted molar refractivity (Wildman–Crippen MR) is 66.6 cm³/mol. The molecule has 2 rings (SSSR count). The number of ether oxygens (including phenoxy) is 1. The first-order valence-electron chi connectivity index (χ1n) is 5.87. The highest BCUT2D eigenvalue weighted by Crippen LogP contribution is 2.30. The Morgan fingerprint density at radius 3 is 3.00 bits per heavy atom. The maximum Gasteiger partial charge on any atom is 0.123 e. The van der Waals surface area contributed by atoms with Gasteiger partial charge in [-0.05, 0) is 24.5 Å². The number of para-hydroxylation sites is 1. The third kappa shape index (κ3) is 2.27. The van der Waals surface area contributed by atoms with Crippen molar-refractivity contribution in [2.45, 2.75) is 38.3 Å². The Morgan fingerprint density at radius 2 is 2.31 bits per heavy atom. The fourth-order valence-electron chi connectivity index (χ4n) is 2.06. The van der Waals surface area contributed by atoms with Gasteiger partial charge in [0, 0.05) is 12.5 Å². The number of nitrogens with two attached hydrogens (primary N) is 1. The van der Waals surface area contributed by atoms with E-state index < -0.39 is 0 Å². The van der Waals surface area contributed by atoms with E-state index in [2.05, 4.69) is 19.6 Å². The van der Waals surface area contributed by atoms with E-state index >= 15 is 0 Å². The van der Waals surface area contributed by atoms with E-state index in [1.54, 1.807) is 0 Å². The van der Waals surface area contributed by atoms with E-state index in [0.717, 1.165) is 25.0 Å². The average molecular weight is 217 g/mol. The Labute approximate surface area is 97.1 Å². The molecule has 0 bridgehead atoms. The SMILES string of the molecule is C=C(CC)CC(N)C1Cc2ccccc2O1. The minimum atomic E-state index is 0.0554. The van der Waals surface area contributed by atoms with Crippen LogP contribution in [0.1, 0.15) is 25.3 Å². The Balaban J connectivity index is 1.98. The highest BCUT2D eigenvalue weighted by atomic mass is 16.5. The molecule has 16 heavy (non-hydrogen) atoms. The summed E-state index contributed by atoms with van der Waals surface area (Å²) in [6, 6.07) is 8.21. The van der Waals surface area contributed by atoms with Gasteiger partial charge in [-0.3, -0.25) is 0 Å². The molecular formula is C14H19NO. The van der Waals surface area contributed by atoms with Crippen LogP contribution in [0, 0.1) is 0 Å². The van der Waals surface area contributed by atoms with Crippen LogP contribution in [0.25, 0.3) is 0 Å². The van der Waals surface area contributed by atoms with Crippen LogP contribution in [-0.2, 0) is 6.42 Å². The van der Waals surface area contributed by atoms with Gasteiger partial charge in [-0.1, -0.05) is 37.3 Å². The van der Waals surface area contributed by atoms with Crippen molar-refractivity contribution < 1.29 is 4.74 Å². The number of fused-ring (bicyclic) bond motifs is 1. The van der Waals surface area contributed by atoms with Crippen LogP contribution in [0.15, 0.2) is 36.4 Å². The van der Waals surface area contributed by atoms with Crippen LogP contribution in [0.3, 0.4) is 0 Å². The third-order valence-electron chi connectivity index (χ3n) is 3.17. The zero-order valence-corrected chi connectivity index (χ0v) is 9.78. The molecule has 2 atom stereocenters. The largest absolute Gasteiger partial charge is 0.488 e. The summed E-state index contributed by atoms with van der Waals surface area (Å²) in [6.07, 6.45) is 2.89. The monoisotopic (exact) mass is 217 g/mol. The van der Waals surface area contributed by atoms with E-state index in [0.29, 0.717) is 0 Å². The summed E-state index contributed by atoms with van der Waals surface area (Å²) in [5.74, 6) is 0.991. The van der Waals surface area contributed by atoms with Gasteiger partial charge in [0.25, 0.3) is 0 Å². The summed E-state index contributed by atoms with van der Waals surface area (Å²) in [5, 5.41) is 0. The van der Waals surface area contributed by atoms with Crippen LogP contribution in [0.4, 0.5) is 0 Å². The summed E-state index contributed by atoms with van der Waals surface area (Å²) in [7, 11) is 0. The molecule has 0 saturated carbocycles. The van der Waals surface area contributed by atoms with Crippen molar-refractivity contribution in [3.63, 3.8) is 0 Å². The average Bonchev–Trinajstić information content (AvgIpc) is 2.72. The van der Waals surface area contributed by atoms with Gasteiger partial charge in [0.05, 0.1) is 0 Å². The van der Waals surface area contributed by atoms with Gasteiger partial charge in [0.1, 0.15) is 11.9 Å². The Morgan fingerprint density at radius 1 is 1.56 bits per heavy atom. The number of rotatable bonds is 4. The predicted octanol–water partition coefficient (Wildman–Crippen LogP) is 2.67. The summed E-state index contributed by atoms with van der Waals surface area (Å²) in [4.78, 5) is 0. The molecule has 1 aliphatic heterocycles. The van der Waals surface area contributed by atoms with Gasteiger partial charge in [0.15, 0.2) is 0 Å². The van der Waals surface area contributed by atoms with E-state index in [1.807, 2.05) is 18.2 Å². The first-order valence-corrected chi connectivity index (χ1v) is 5.87. The maximum absolute atomic E-state index is 6.15. The van der Waals surface area contributed by atoms with Gasteiger partial charge in [-0.2, -0.15) is 0 Å². The normalized spacial score (nSPS) is 20.0. The molecule has 2 nitrogen and oxygen atoms in total. The first kappa shape index (κ1) is 11.2. The summed E-state index contributed by atoms with van der Waals surface area (Å²) >= 11 is 0. The molecular weight excluding hydrogens is 198 g/mol. The Kier molecular flexibility index (Phi) is 3.30. The lowest BCUT2D eigenvalue weighted by Crippen LogP contribution is -2.38. The number of hydrogen-bond donors (Lipinski definition) is 1. The second-order valence-corrected chi connectivity index (χ2v) is 4.44. The van der Waals surface area contributed by atoms with Crippen molar-refractivity contribution in [1.82, 2.24) is 0 Å².